The second-order valence-electron chi connectivity index (χ2n) is 9.83. The van der Waals surface area contributed by atoms with Crippen LogP contribution in [-0.4, -0.2) is 42.2 Å². The topological polar surface area (TPSA) is 66.0 Å². The molecule has 2 fully saturated rings. The van der Waals surface area contributed by atoms with Gasteiger partial charge in [-0.3, -0.25) is 4.79 Å². The first-order valence-electron chi connectivity index (χ1n) is 12.2. The first kappa shape index (κ1) is 27.5. The summed E-state index contributed by atoms with van der Waals surface area (Å²) in [6.45, 7) is 5.29. The zero-order valence-electron chi connectivity index (χ0n) is 20.9. The normalized spacial score (nSPS) is 27.1. The highest BCUT2D eigenvalue weighted by atomic mass is 19.4. The van der Waals surface area contributed by atoms with Crippen LogP contribution in [-0.2, 0) is 43.1 Å². The van der Waals surface area contributed by atoms with Crippen molar-refractivity contribution >= 4 is 5.91 Å². The number of carbonyl (C=O) groups is 1. The van der Waals surface area contributed by atoms with E-state index in [9.17, 15) is 22.4 Å². The Labute approximate surface area is 213 Å². The van der Waals surface area contributed by atoms with Gasteiger partial charge in [0.05, 0.1) is 31.0 Å². The van der Waals surface area contributed by atoms with E-state index in [0.717, 1.165) is 12.1 Å². The molecule has 1 aliphatic carbocycles. The molecule has 0 radical (unpaired) electrons. The summed E-state index contributed by atoms with van der Waals surface area (Å²) < 4.78 is 78.2. The van der Waals surface area contributed by atoms with Crippen molar-refractivity contribution in [3.8, 4) is 0 Å². The molecule has 0 bridgehead atoms. The van der Waals surface area contributed by atoms with Crippen molar-refractivity contribution in [2.45, 2.75) is 82.7 Å². The summed E-state index contributed by atoms with van der Waals surface area (Å²) in [4.78, 5) is 13.3. The average molecular weight is 526 g/mol. The second-order valence-corrected chi connectivity index (χ2v) is 9.83. The van der Waals surface area contributed by atoms with Crippen molar-refractivity contribution in [2.75, 3.05) is 6.54 Å². The van der Waals surface area contributed by atoms with Crippen LogP contribution in [0.3, 0.4) is 0 Å². The predicted molar refractivity (Wildman–Crippen MR) is 126 cm³/mol. The van der Waals surface area contributed by atoms with E-state index in [1.165, 1.54) is 18.2 Å². The molecule has 1 saturated heterocycles. The Morgan fingerprint density at radius 2 is 1.84 bits per heavy atom. The van der Waals surface area contributed by atoms with Gasteiger partial charge in [0.1, 0.15) is 11.9 Å². The van der Waals surface area contributed by atoms with Crippen molar-refractivity contribution in [1.82, 2.24) is 5.32 Å². The third-order valence-electron chi connectivity index (χ3n) is 6.58. The van der Waals surface area contributed by atoms with Gasteiger partial charge in [-0.2, -0.15) is 13.2 Å². The van der Waals surface area contributed by atoms with Crippen molar-refractivity contribution < 1.29 is 41.3 Å². The van der Waals surface area contributed by atoms with E-state index in [1.54, 1.807) is 39.0 Å². The number of ether oxygens (including phenoxy) is 4. The number of carbonyl (C=O) groups excluding carboxylic acids is 1. The lowest BCUT2D eigenvalue weighted by molar-refractivity contribution is -0.183. The smallest absolute Gasteiger partial charge is 0.371 e. The van der Waals surface area contributed by atoms with Crippen LogP contribution < -0.4 is 5.32 Å². The minimum absolute atomic E-state index is 0.0485. The Morgan fingerprint density at radius 1 is 1.08 bits per heavy atom. The Kier molecular flexibility index (Phi) is 7.94. The summed E-state index contributed by atoms with van der Waals surface area (Å²) in [5, 5.41) is 2.79. The molecular formula is C27H31F4NO5. The number of likely N-dealkylation sites (N-methyl/N-ethyl adjacent to an activating group) is 1. The highest BCUT2D eigenvalue weighted by Gasteiger charge is 2.58. The summed E-state index contributed by atoms with van der Waals surface area (Å²) in [5.74, 6) is -1.82. The summed E-state index contributed by atoms with van der Waals surface area (Å²) in [6, 6.07) is 11.0. The summed E-state index contributed by atoms with van der Waals surface area (Å²) in [6.07, 6.45) is -6.18. The molecule has 202 valence electrons. The average Bonchev–Trinajstić information content (AvgIpc) is 3.15. The van der Waals surface area contributed by atoms with E-state index in [2.05, 4.69) is 5.32 Å². The molecule has 1 N–H and O–H groups in total. The zero-order chi connectivity index (χ0) is 26.8. The number of alkyl halides is 3. The molecule has 1 saturated carbocycles. The summed E-state index contributed by atoms with van der Waals surface area (Å²) >= 11 is 0. The minimum atomic E-state index is -4.48. The Bertz CT molecular complexity index is 1110. The molecule has 2 aliphatic rings. The van der Waals surface area contributed by atoms with Crippen LogP contribution >= 0.6 is 0 Å². The van der Waals surface area contributed by atoms with Crippen molar-refractivity contribution in [3.05, 3.63) is 71.0 Å². The highest BCUT2D eigenvalue weighted by molar-refractivity contribution is 5.85. The lowest BCUT2D eigenvalue weighted by atomic mass is 9.78. The van der Waals surface area contributed by atoms with Crippen molar-refractivity contribution in [1.29, 1.82) is 0 Å². The summed E-state index contributed by atoms with van der Waals surface area (Å²) in [7, 11) is 0. The van der Waals surface area contributed by atoms with Gasteiger partial charge in [0.25, 0.3) is 5.91 Å². The number of benzene rings is 2. The maximum atomic E-state index is 14.3. The van der Waals surface area contributed by atoms with Crippen LogP contribution in [0.4, 0.5) is 17.6 Å². The van der Waals surface area contributed by atoms with Gasteiger partial charge in [0.2, 0.25) is 0 Å². The fourth-order valence-corrected chi connectivity index (χ4v) is 4.90. The molecule has 2 aromatic rings. The Balaban J connectivity index is 1.60. The standard InChI is InChI=1S/C27H31F4NO5/c1-4-32-24(33)26(35-16-18-9-5-6-11-20(18)28)13-21(23-22(14-26)36-25(2,3)37-23)34-15-17-8-7-10-19(12-17)27(29,30)31/h5-12,21-23H,4,13-16H2,1-3H3,(H,32,33)/t21-,22+,23-,26+/m0/s1. The van der Waals surface area contributed by atoms with E-state index >= 15 is 0 Å². The molecule has 1 amide bonds. The molecule has 2 aromatic carbocycles. The maximum Gasteiger partial charge on any atom is 0.416 e. The second kappa shape index (κ2) is 10.7. The molecule has 10 heteroatoms. The molecule has 37 heavy (non-hydrogen) atoms. The fraction of sp³-hybridized carbons (Fsp3) is 0.519. The molecule has 4 atom stereocenters. The van der Waals surface area contributed by atoms with Gasteiger partial charge in [-0.25, -0.2) is 4.39 Å². The van der Waals surface area contributed by atoms with Gasteiger partial charge in [-0.05, 0) is 44.5 Å². The number of amides is 1. The van der Waals surface area contributed by atoms with Gasteiger partial charge in [0, 0.05) is 24.9 Å². The Morgan fingerprint density at radius 3 is 2.54 bits per heavy atom. The molecule has 0 spiro atoms. The molecular weight excluding hydrogens is 494 g/mol. The number of hydrogen-bond donors (Lipinski definition) is 1. The predicted octanol–water partition coefficient (Wildman–Crippen LogP) is 5.14. The first-order valence-corrected chi connectivity index (χ1v) is 12.2. The van der Waals surface area contributed by atoms with Crippen LogP contribution in [0.15, 0.2) is 48.5 Å². The quantitative estimate of drug-likeness (QED) is 0.484. The van der Waals surface area contributed by atoms with E-state index in [-0.39, 0.29) is 26.1 Å². The fourth-order valence-electron chi connectivity index (χ4n) is 4.90. The van der Waals surface area contributed by atoms with Crippen LogP contribution in [0.1, 0.15) is 50.3 Å². The molecule has 0 aromatic heterocycles. The molecule has 1 heterocycles. The summed E-state index contributed by atoms with van der Waals surface area (Å²) in [5.41, 5.74) is -1.59. The number of hydrogen-bond acceptors (Lipinski definition) is 5. The third kappa shape index (κ3) is 6.31. The van der Waals surface area contributed by atoms with Crippen LogP contribution in [0, 0.1) is 5.82 Å². The van der Waals surface area contributed by atoms with Crippen molar-refractivity contribution in [3.63, 3.8) is 0 Å². The van der Waals surface area contributed by atoms with Crippen LogP contribution in [0.5, 0.6) is 0 Å². The van der Waals surface area contributed by atoms with E-state index in [1.807, 2.05) is 0 Å². The number of nitrogens with one attached hydrogen (secondary N) is 1. The molecule has 1 aliphatic heterocycles. The van der Waals surface area contributed by atoms with E-state index in [4.69, 9.17) is 18.9 Å². The minimum Gasteiger partial charge on any atom is -0.371 e. The van der Waals surface area contributed by atoms with Crippen LogP contribution in [0.25, 0.3) is 0 Å². The lowest BCUT2D eigenvalue weighted by Gasteiger charge is -2.43. The van der Waals surface area contributed by atoms with Gasteiger partial charge < -0.3 is 24.3 Å². The SMILES string of the molecule is CCNC(=O)[C@@]1(OCc2ccccc2F)C[C@H](OCc2cccc(C(F)(F)F)c2)[C@@H]2OC(C)(C)O[C@@H]2C1. The number of rotatable bonds is 8. The van der Waals surface area contributed by atoms with Gasteiger partial charge in [0.15, 0.2) is 11.4 Å². The van der Waals surface area contributed by atoms with Gasteiger partial charge >= 0.3 is 6.18 Å². The number of fused-ring (bicyclic) bond motifs is 1. The Hall–Kier alpha value is -2.53. The lowest BCUT2D eigenvalue weighted by Crippen LogP contribution is -2.60. The molecule has 4 rings (SSSR count). The third-order valence-corrected chi connectivity index (χ3v) is 6.58. The molecule has 6 nitrogen and oxygen atoms in total. The van der Waals surface area contributed by atoms with Crippen LogP contribution in [0.2, 0.25) is 0 Å². The monoisotopic (exact) mass is 525 g/mol. The van der Waals surface area contributed by atoms with Gasteiger partial charge in [-0.1, -0.05) is 30.3 Å². The largest absolute Gasteiger partial charge is 0.416 e. The maximum absolute atomic E-state index is 14.3. The molecule has 0 unspecified atom stereocenters. The van der Waals surface area contributed by atoms with Crippen molar-refractivity contribution in [2.24, 2.45) is 0 Å². The van der Waals surface area contributed by atoms with Gasteiger partial charge in [-0.15, -0.1) is 0 Å². The first-order chi connectivity index (χ1) is 17.4. The van der Waals surface area contributed by atoms with E-state index < -0.39 is 53.2 Å². The highest BCUT2D eigenvalue weighted by Crippen LogP contribution is 2.44. The van der Waals surface area contributed by atoms with E-state index in [0.29, 0.717) is 17.7 Å². The zero-order valence-corrected chi connectivity index (χ0v) is 20.9. The number of halogens is 4.